The fourth-order valence-electron chi connectivity index (χ4n) is 6.98. The van der Waals surface area contributed by atoms with Crippen molar-refractivity contribution >= 4 is 29.3 Å². The molecule has 0 radical (unpaired) electrons. The van der Waals surface area contributed by atoms with Gasteiger partial charge in [0.05, 0.1) is 16.8 Å². The SMILES string of the molecule is Cc1noc(-c2nccc(COc3ccc(C(C)(C)c4ccc(OC5CC(Nc6ccc7c(c6)C(=O)N(C6CCC(=O)NC6=O)C7=O)C5)cc4)cc3)n2)n1. The van der Waals surface area contributed by atoms with Crippen molar-refractivity contribution in [2.45, 2.75) is 76.7 Å². The maximum atomic E-state index is 13.2. The van der Waals surface area contributed by atoms with E-state index >= 15 is 0 Å². The van der Waals surface area contributed by atoms with Crippen molar-refractivity contribution in [3.63, 3.8) is 0 Å². The van der Waals surface area contributed by atoms with Gasteiger partial charge in [0.1, 0.15) is 30.3 Å². The second-order valence-electron chi connectivity index (χ2n) is 14.2. The molecule has 2 N–H and O–H groups in total. The molecule has 2 aromatic heterocycles. The van der Waals surface area contributed by atoms with Crippen LogP contribution in [0.4, 0.5) is 5.69 Å². The van der Waals surface area contributed by atoms with E-state index in [0.717, 1.165) is 40.4 Å². The molecule has 4 heterocycles. The van der Waals surface area contributed by atoms with Crippen molar-refractivity contribution in [3.05, 3.63) is 113 Å². The largest absolute Gasteiger partial charge is 0.490 e. The molecule has 1 saturated carbocycles. The van der Waals surface area contributed by atoms with Gasteiger partial charge in [-0.25, -0.2) is 9.97 Å². The van der Waals surface area contributed by atoms with Gasteiger partial charge in [-0.3, -0.25) is 29.4 Å². The van der Waals surface area contributed by atoms with E-state index < -0.39 is 29.7 Å². The zero-order chi connectivity index (χ0) is 37.6. The van der Waals surface area contributed by atoms with Crippen LogP contribution in [-0.4, -0.2) is 66.8 Å². The number of nitrogens with zero attached hydrogens (tertiary/aromatic N) is 5. The minimum Gasteiger partial charge on any atom is -0.490 e. The number of hydrogen-bond donors (Lipinski definition) is 2. The van der Waals surface area contributed by atoms with Crippen LogP contribution < -0.4 is 20.1 Å². The summed E-state index contributed by atoms with van der Waals surface area (Å²) in [6, 6.07) is 22.2. The van der Waals surface area contributed by atoms with Crippen LogP contribution >= 0.6 is 0 Å². The van der Waals surface area contributed by atoms with Gasteiger partial charge >= 0.3 is 0 Å². The number of nitrogens with one attached hydrogen (secondary N) is 2. The van der Waals surface area contributed by atoms with E-state index in [-0.39, 0.29) is 54.0 Å². The van der Waals surface area contributed by atoms with Crippen LogP contribution in [0.2, 0.25) is 0 Å². The summed E-state index contributed by atoms with van der Waals surface area (Å²) in [7, 11) is 0. The Bertz CT molecular complexity index is 2260. The van der Waals surface area contributed by atoms with Crippen LogP contribution in [0.5, 0.6) is 11.5 Å². The Morgan fingerprint density at radius 3 is 2.28 bits per heavy atom. The number of piperidine rings is 1. The lowest BCUT2D eigenvalue weighted by Crippen LogP contribution is -2.54. The zero-order valence-corrected chi connectivity index (χ0v) is 29.9. The van der Waals surface area contributed by atoms with E-state index in [1.54, 1.807) is 37.4 Å². The summed E-state index contributed by atoms with van der Waals surface area (Å²) >= 11 is 0. The molecule has 2 aliphatic heterocycles. The molecule has 1 atom stereocenters. The van der Waals surface area contributed by atoms with Crippen molar-refractivity contribution in [1.29, 1.82) is 0 Å². The highest BCUT2D eigenvalue weighted by Crippen LogP contribution is 2.36. The Morgan fingerprint density at radius 1 is 0.889 bits per heavy atom. The van der Waals surface area contributed by atoms with Crippen molar-refractivity contribution in [2.75, 3.05) is 5.32 Å². The molecule has 0 bridgehead atoms. The fraction of sp³-hybridized carbons (Fsp3) is 0.300. The smallest absolute Gasteiger partial charge is 0.295 e. The van der Waals surface area contributed by atoms with E-state index in [0.29, 0.717) is 23.0 Å². The molecular weight excluding hydrogens is 690 g/mol. The van der Waals surface area contributed by atoms with Gasteiger partial charge < -0.3 is 19.3 Å². The summed E-state index contributed by atoms with van der Waals surface area (Å²) < 4.78 is 17.4. The normalized spacial score (nSPS) is 19.6. The average molecular weight is 728 g/mol. The number of ether oxygens (including phenoxy) is 2. The number of aromatic nitrogens is 4. The number of aryl methyl sites for hydroxylation is 1. The van der Waals surface area contributed by atoms with Gasteiger partial charge in [-0.15, -0.1) is 0 Å². The number of fused-ring (bicyclic) bond motifs is 1. The lowest BCUT2D eigenvalue weighted by atomic mass is 9.78. The molecule has 1 saturated heterocycles. The molecule has 1 aliphatic carbocycles. The van der Waals surface area contributed by atoms with Crippen LogP contribution in [-0.2, 0) is 21.6 Å². The predicted molar refractivity (Wildman–Crippen MR) is 194 cm³/mol. The number of carbonyl (C=O) groups excluding carboxylic acids is 4. The second-order valence-corrected chi connectivity index (χ2v) is 14.2. The highest BCUT2D eigenvalue weighted by molar-refractivity contribution is 6.23. The van der Waals surface area contributed by atoms with E-state index in [9.17, 15) is 19.2 Å². The number of anilines is 1. The summed E-state index contributed by atoms with van der Waals surface area (Å²) in [5.74, 6) is 0.571. The molecule has 14 heteroatoms. The van der Waals surface area contributed by atoms with Crippen LogP contribution in [0.3, 0.4) is 0 Å². The average Bonchev–Trinajstić information content (AvgIpc) is 3.70. The van der Waals surface area contributed by atoms with Crippen LogP contribution in [0, 0.1) is 6.92 Å². The van der Waals surface area contributed by atoms with E-state index in [4.69, 9.17) is 14.0 Å². The Kier molecular flexibility index (Phi) is 8.88. The fourth-order valence-corrected chi connectivity index (χ4v) is 6.98. The maximum absolute atomic E-state index is 13.2. The second kappa shape index (κ2) is 13.8. The van der Waals surface area contributed by atoms with Gasteiger partial charge in [0, 0.05) is 42.6 Å². The first-order chi connectivity index (χ1) is 26.0. The Morgan fingerprint density at radius 2 is 1.59 bits per heavy atom. The van der Waals surface area contributed by atoms with Gasteiger partial charge in [-0.1, -0.05) is 43.3 Å². The summed E-state index contributed by atoms with van der Waals surface area (Å²) in [6.45, 7) is 6.35. The molecular formula is C40H37N7O7. The third-order valence-electron chi connectivity index (χ3n) is 10.2. The number of imide groups is 2. The minimum atomic E-state index is -0.990. The number of benzene rings is 3. The number of amides is 4. The molecule has 0 spiro atoms. The monoisotopic (exact) mass is 727 g/mol. The molecule has 54 heavy (non-hydrogen) atoms. The maximum Gasteiger partial charge on any atom is 0.295 e. The number of hydrogen-bond acceptors (Lipinski definition) is 12. The molecule has 14 nitrogen and oxygen atoms in total. The quantitative estimate of drug-likeness (QED) is 0.171. The van der Waals surface area contributed by atoms with Crippen molar-refractivity contribution in [2.24, 2.45) is 0 Å². The highest BCUT2D eigenvalue weighted by Gasteiger charge is 2.45. The van der Waals surface area contributed by atoms with Gasteiger partial charge in [0.25, 0.3) is 17.7 Å². The molecule has 8 rings (SSSR count). The zero-order valence-electron chi connectivity index (χ0n) is 29.9. The van der Waals surface area contributed by atoms with Crippen molar-refractivity contribution < 1.29 is 33.2 Å². The molecule has 3 aliphatic rings. The van der Waals surface area contributed by atoms with Gasteiger partial charge in [-0.2, -0.15) is 4.98 Å². The number of carbonyl (C=O) groups is 4. The summed E-state index contributed by atoms with van der Waals surface area (Å²) in [6.07, 6.45) is 3.41. The van der Waals surface area contributed by atoms with Crippen LogP contribution in [0.25, 0.3) is 11.7 Å². The first-order valence-electron chi connectivity index (χ1n) is 17.8. The first kappa shape index (κ1) is 34.6. The minimum absolute atomic E-state index is 0.0338. The first-order valence-corrected chi connectivity index (χ1v) is 17.8. The third kappa shape index (κ3) is 6.77. The Hall–Kier alpha value is -6.44. The standard InChI is InChI=1S/C40H37N7O7/c1-22-42-37(54-46-22)35-41-17-16-26(44-35)21-52-28-9-4-23(5-10-28)40(2,3)24-6-11-29(12-7-24)53-30-18-27(19-30)43-25-8-13-31-32(20-25)39(51)47(38(31)50)33-14-15-34(48)45-36(33)49/h4-13,16-17,20,27,30,33,43H,14-15,18-19,21H2,1-3H3,(H,45,48,49). The Balaban J connectivity index is 0.822. The number of rotatable bonds is 11. The topological polar surface area (TPSA) is 179 Å². The lowest BCUT2D eigenvalue weighted by Gasteiger charge is -2.36. The Labute approximate surface area is 310 Å². The molecule has 2 fully saturated rings. The van der Waals surface area contributed by atoms with Crippen LogP contribution in [0.15, 0.2) is 83.5 Å². The third-order valence-corrected chi connectivity index (χ3v) is 10.2. The molecule has 3 aromatic carbocycles. The molecule has 4 amide bonds. The molecule has 5 aromatic rings. The van der Waals surface area contributed by atoms with E-state index in [1.165, 1.54) is 0 Å². The molecule has 274 valence electrons. The van der Waals surface area contributed by atoms with Gasteiger partial charge in [-0.05, 0) is 73.0 Å². The summed E-state index contributed by atoms with van der Waals surface area (Å²) in [5, 5.41) is 9.45. The van der Waals surface area contributed by atoms with E-state index in [1.807, 2.05) is 24.3 Å². The van der Waals surface area contributed by atoms with Gasteiger partial charge in [0.15, 0.2) is 5.82 Å². The molecule has 1 unspecified atom stereocenters. The predicted octanol–water partition coefficient (Wildman–Crippen LogP) is 5.16. The van der Waals surface area contributed by atoms with Crippen LogP contribution in [0.1, 0.15) is 82.9 Å². The highest BCUT2D eigenvalue weighted by atomic mass is 16.5. The lowest BCUT2D eigenvalue weighted by molar-refractivity contribution is -0.136. The summed E-state index contributed by atoms with van der Waals surface area (Å²) in [5.41, 5.74) is 3.91. The van der Waals surface area contributed by atoms with Crippen molar-refractivity contribution in [3.8, 4) is 23.2 Å². The van der Waals surface area contributed by atoms with E-state index in [2.05, 4.69) is 68.9 Å². The van der Waals surface area contributed by atoms with Gasteiger partial charge in [0.2, 0.25) is 17.6 Å². The van der Waals surface area contributed by atoms with Crippen molar-refractivity contribution in [1.82, 2.24) is 30.3 Å². The summed E-state index contributed by atoms with van der Waals surface area (Å²) in [4.78, 5) is 63.9.